The molecule has 0 aliphatic carbocycles. The van der Waals surface area contributed by atoms with Crippen LogP contribution in [0.1, 0.15) is 12.6 Å². The number of fused-ring (bicyclic) bond motifs is 3. The Labute approximate surface area is 166 Å². The smallest absolute Gasteiger partial charge is 0.0491 e. The fourth-order valence-corrected chi connectivity index (χ4v) is 3.10. The van der Waals surface area contributed by atoms with E-state index in [0.717, 1.165) is 12.2 Å². The number of para-hydroxylation sites is 2. The molecule has 0 radical (unpaired) electrons. The van der Waals surface area contributed by atoms with E-state index in [1.165, 1.54) is 21.8 Å². The summed E-state index contributed by atoms with van der Waals surface area (Å²) in [4.78, 5) is 7.76. The minimum Gasteiger partial charge on any atom is -0.341 e. The number of hydrogen-bond donors (Lipinski definition) is 0. The molecule has 5 aromatic rings. The lowest BCUT2D eigenvalue weighted by molar-refractivity contribution is 0.827. The van der Waals surface area contributed by atoms with Crippen molar-refractivity contribution in [3.05, 3.63) is 109 Å². The van der Waals surface area contributed by atoms with Gasteiger partial charge in [-0.1, -0.05) is 48.5 Å². The van der Waals surface area contributed by atoms with Gasteiger partial charge in [-0.2, -0.15) is 0 Å². The van der Waals surface area contributed by atoms with E-state index in [1.807, 2.05) is 43.3 Å². The zero-order valence-corrected chi connectivity index (χ0v) is 16.4. The van der Waals surface area contributed by atoms with Crippen LogP contribution in [0.2, 0.25) is 0 Å². The van der Waals surface area contributed by atoms with Gasteiger partial charge in [0.1, 0.15) is 0 Å². The number of pyridine rings is 2. The Balaban J connectivity index is 0.000000144. The molecular weight excluding hydrogens is 342 g/mol. The van der Waals surface area contributed by atoms with Crippen LogP contribution in [0.25, 0.3) is 21.8 Å². The van der Waals surface area contributed by atoms with Crippen LogP contribution in [0.4, 0.5) is 0 Å². The van der Waals surface area contributed by atoms with Gasteiger partial charge in [-0.05, 0) is 50.2 Å². The molecule has 0 atom stereocenters. The SMILES string of the molecule is CCn1c2ccccc2c2ccccc21.Cc1ccccn1.c1ccncc1. The first-order valence-corrected chi connectivity index (χ1v) is 9.50. The standard InChI is InChI=1S/C14H13N.C6H7N.C5H5N/c1-2-15-13-9-5-3-7-11(13)12-8-4-6-10-14(12)15;1-6-4-2-3-5-7-6;1-2-4-6-5-3-1/h3-10H,2H2,1H3;2-5H,1H3;1-5H. The van der Waals surface area contributed by atoms with E-state index in [2.05, 4.69) is 70.0 Å². The predicted molar refractivity (Wildman–Crippen MR) is 118 cm³/mol. The third kappa shape index (κ3) is 4.83. The Kier molecular flexibility index (Phi) is 6.91. The first-order valence-electron chi connectivity index (χ1n) is 9.50. The number of nitrogens with zero attached hydrogens (tertiary/aromatic N) is 3. The van der Waals surface area contributed by atoms with Gasteiger partial charge in [-0.15, -0.1) is 0 Å². The summed E-state index contributed by atoms with van der Waals surface area (Å²) >= 11 is 0. The number of benzene rings is 2. The highest BCUT2D eigenvalue weighted by atomic mass is 15.0. The van der Waals surface area contributed by atoms with Crippen molar-refractivity contribution in [2.24, 2.45) is 0 Å². The molecule has 0 bridgehead atoms. The van der Waals surface area contributed by atoms with Crippen molar-refractivity contribution in [2.45, 2.75) is 20.4 Å². The van der Waals surface area contributed by atoms with E-state index in [1.54, 1.807) is 18.6 Å². The maximum Gasteiger partial charge on any atom is 0.0491 e. The lowest BCUT2D eigenvalue weighted by Gasteiger charge is -2.01. The summed E-state index contributed by atoms with van der Waals surface area (Å²) in [6, 6.07) is 28.8. The van der Waals surface area contributed by atoms with Gasteiger partial charge < -0.3 is 4.57 Å². The highest BCUT2D eigenvalue weighted by molar-refractivity contribution is 6.07. The molecule has 0 saturated heterocycles. The molecule has 3 heterocycles. The van der Waals surface area contributed by atoms with Crippen molar-refractivity contribution in [3.63, 3.8) is 0 Å². The summed E-state index contributed by atoms with van der Waals surface area (Å²) in [6.07, 6.45) is 5.29. The molecule has 3 nitrogen and oxygen atoms in total. The van der Waals surface area contributed by atoms with E-state index in [-0.39, 0.29) is 0 Å². The number of rotatable bonds is 1. The average Bonchev–Trinajstić information content (AvgIpc) is 3.10. The van der Waals surface area contributed by atoms with Crippen LogP contribution in [-0.2, 0) is 6.54 Å². The van der Waals surface area contributed by atoms with Crippen molar-refractivity contribution in [1.29, 1.82) is 0 Å². The Hall–Kier alpha value is -3.46. The Morgan fingerprint density at radius 3 is 1.54 bits per heavy atom. The van der Waals surface area contributed by atoms with Gasteiger partial charge >= 0.3 is 0 Å². The second kappa shape index (κ2) is 10.0. The number of aromatic nitrogens is 3. The molecule has 28 heavy (non-hydrogen) atoms. The monoisotopic (exact) mass is 367 g/mol. The van der Waals surface area contributed by atoms with E-state index in [9.17, 15) is 0 Å². The van der Waals surface area contributed by atoms with Gasteiger partial charge in [0.05, 0.1) is 0 Å². The topological polar surface area (TPSA) is 30.7 Å². The van der Waals surface area contributed by atoms with Crippen molar-refractivity contribution >= 4 is 21.8 Å². The van der Waals surface area contributed by atoms with Crippen LogP contribution in [0.5, 0.6) is 0 Å². The van der Waals surface area contributed by atoms with Gasteiger partial charge in [0, 0.05) is 52.6 Å². The number of aryl methyl sites for hydroxylation is 2. The van der Waals surface area contributed by atoms with Crippen molar-refractivity contribution in [1.82, 2.24) is 14.5 Å². The van der Waals surface area contributed by atoms with Crippen LogP contribution >= 0.6 is 0 Å². The van der Waals surface area contributed by atoms with Gasteiger partial charge in [-0.3, -0.25) is 9.97 Å². The minimum atomic E-state index is 1.02. The van der Waals surface area contributed by atoms with E-state index in [0.29, 0.717) is 0 Å². The normalized spacial score (nSPS) is 9.93. The molecular formula is C25H25N3. The van der Waals surface area contributed by atoms with E-state index >= 15 is 0 Å². The molecule has 0 spiro atoms. The van der Waals surface area contributed by atoms with Gasteiger partial charge in [0.15, 0.2) is 0 Å². The molecule has 2 aromatic carbocycles. The molecule has 0 saturated carbocycles. The molecule has 0 amide bonds. The fraction of sp³-hybridized carbons (Fsp3) is 0.120. The Morgan fingerprint density at radius 2 is 1.18 bits per heavy atom. The quantitative estimate of drug-likeness (QED) is 0.349. The maximum absolute atomic E-state index is 3.98. The highest BCUT2D eigenvalue weighted by Crippen LogP contribution is 2.28. The summed E-state index contributed by atoms with van der Waals surface area (Å²) < 4.78 is 2.37. The molecule has 3 heteroatoms. The molecule has 0 aliphatic rings. The van der Waals surface area contributed by atoms with Crippen molar-refractivity contribution in [3.8, 4) is 0 Å². The highest BCUT2D eigenvalue weighted by Gasteiger charge is 2.06. The summed E-state index contributed by atoms with van der Waals surface area (Å²) in [5, 5.41) is 2.71. The average molecular weight is 367 g/mol. The lowest BCUT2D eigenvalue weighted by Crippen LogP contribution is -1.91. The summed E-state index contributed by atoms with van der Waals surface area (Å²) in [5.41, 5.74) is 3.74. The van der Waals surface area contributed by atoms with E-state index < -0.39 is 0 Å². The van der Waals surface area contributed by atoms with Crippen molar-refractivity contribution in [2.75, 3.05) is 0 Å². The molecule has 0 fully saturated rings. The van der Waals surface area contributed by atoms with Crippen LogP contribution < -0.4 is 0 Å². The maximum atomic E-state index is 3.98. The summed E-state index contributed by atoms with van der Waals surface area (Å²) in [7, 11) is 0. The lowest BCUT2D eigenvalue weighted by atomic mass is 10.2. The van der Waals surface area contributed by atoms with Gasteiger partial charge in [-0.25, -0.2) is 0 Å². The second-order valence-corrected chi connectivity index (χ2v) is 6.27. The molecule has 0 N–H and O–H groups in total. The third-order valence-corrected chi connectivity index (χ3v) is 4.38. The predicted octanol–water partition coefficient (Wildman–Crippen LogP) is 6.29. The fourth-order valence-electron chi connectivity index (χ4n) is 3.10. The zero-order chi connectivity index (χ0) is 19.6. The third-order valence-electron chi connectivity index (χ3n) is 4.38. The van der Waals surface area contributed by atoms with Crippen LogP contribution in [0.3, 0.4) is 0 Å². The molecule has 3 aromatic heterocycles. The van der Waals surface area contributed by atoms with Crippen LogP contribution in [-0.4, -0.2) is 14.5 Å². The Bertz CT molecular complexity index is 1020. The second-order valence-electron chi connectivity index (χ2n) is 6.27. The first-order chi connectivity index (χ1) is 13.8. The molecule has 0 unspecified atom stereocenters. The number of hydrogen-bond acceptors (Lipinski definition) is 2. The molecule has 5 rings (SSSR count). The zero-order valence-electron chi connectivity index (χ0n) is 16.4. The molecule has 0 aliphatic heterocycles. The Morgan fingerprint density at radius 1 is 0.643 bits per heavy atom. The largest absolute Gasteiger partial charge is 0.341 e. The first kappa shape index (κ1) is 19.3. The van der Waals surface area contributed by atoms with Crippen LogP contribution in [0, 0.1) is 6.92 Å². The molecule has 140 valence electrons. The van der Waals surface area contributed by atoms with Crippen LogP contribution in [0.15, 0.2) is 104 Å². The van der Waals surface area contributed by atoms with Crippen molar-refractivity contribution < 1.29 is 0 Å². The summed E-state index contributed by atoms with van der Waals surface area (Å²) in [6.45, 7) is 5.19. The summed E-state index contributed by atoms with van der Waals surface area (Å²) in [5.74, 6) is 0. The van der Waals surface area contributed by atoms with E-state index in [4.69, 9.17) is 0 Å². The van der Waals surface area contributed by atoms with Gasteiger partial charge in [0.2, 0.25) is 0 Å². The minimum absolute atomic E-state index is 1.02. The van der Waals surface area contributed by atoms with Gasteiger partial charge in [0.25, 0.3) is 0 Å².